The summed E-state index contributed by atoms with van der Waals surface area (Å²) in [7, 11) is -1.80. The fraction of sp³-hybridized carbons (Fsp3) is 0.567. The standard InChI is InChI=1S/C30H45N5O3S3Si/c1-22-20-25(39-5)27(28(31-22)40-19-17-37-42(6,7)30(2,3)4)33-26(36)21-35-14-12-34(13-15-35)16-18-41-29-32-23-10-8-9-11-24(23)38-29/h8-11,20H,12-19,21H2,1-7H3,(H,33,36). The number of oxazole rings is 1. The maximum Gasteiger partial charge on any atom is 0.256 e. The number of pyridine rings is 1. The van der Waals surface area contributed by atoms with Crippen molar-refractivity contribution in [2.45, 2.75) is 61.0 Å². The molecular formula is C30H45N5O3S3Si. The second-order valence-electron chi connectivity index (χ2n) is 12.1. The first-order valence-corrected chi connectivity index (χ1v) is 20.6. The van der Waals surface area contributed by atoms with Gasteiger partial charge in [-0.25, -0.2) is 9.97 Å². The van der Waals surface area contributed by atoms with Crippen LogP contribution in [-0.2, 0) is 9.22 Å². The smallest absolute Gasteiger partial charge is 0.256 e. The van der Waals surface area contributed by atoms with Crippen molar-refractivity contribution in [3.05, 3.63) is 36.0 Å². The van der Waals surface area contributed by atoms with Crippen molar-refractivity contribution < 1.29 is 13.6 Å². The van der Waals surface area contributed by atoms with Gasteiger partial charge in [0.1, 0.15) is 10.5 Å². The van der Waals surface area contributed by atoms with E-state index in [1.165, 1.54) is 0 Å². The van der Waals surface area contributed by atoms with Crippen LogP contribution in [0.2, 0.25) is 18.1 Å². The SMILES string of the molecule is CSc1cc(C)nc(SCCO[Si](C)(C)C(C)(C)C)c1NC(=O)CN1CCN(CCSc2nc3ccccc3o2)CC1. The molecule has 1 saturated heterocycles. The van der Waals surface area contributed by atoms with Gasteiger partial charge in [-0.05, 0) is 49.5 Å². The lowest BCUT2D eigenvalue weighted by Crippen LogP contribution is -2.49. The summed E-state index contributed by atoms with van der Waals surface area (Å²) in [6.45, 7) is 19.0. The number of fused-ring (bicyclic) bond motifs is 1. The predicted molar refractivity (Wildman–Crippen MR) is 181 cm³/mol. The number of carbonyl (C=O) groups excluding carboxylic acids is 1. The van der Waals surface area contributed by atoms with Gasteiger partial charge in [0, 0.05) is 61.4 Å². The van der Waals surface area contributed by atoms with E-state index in [2.05, 4.69) is 54.0 Å². The molecule has 0 spiro atoms. The van der Waals surface area contributed by atoms with Crippen LogP contribution in [0.4, 0.5) is 5.69 Å². The predicted octanol–water partition coefficient (Wildman–Crippen LogP) is 6.72. The summed E-state index contributed by atoms with van der Waals surface area (Å²) in [5, 5.41) is 4.98. The van der Waals surface area contributed by atoms with E-state index in [1.54, 1.807) is 35.3 Å². The normalized spacial score (nSPS) is 15.4. The van der Waals surface area contributed by atoms with Gasteiger partial charge >= 0.3 is 0 Å². The molecule has 8 nitrogen and oxygen atoms in total. The van der Waals surface area contributed by atoms with Crippen molar-refractivity contribution >= 4 is 66.3 Å². The first-order valence-electron chi connectivity index (χ1n) is 14.5. The third-order valence-electron chi connectivity index (χ3n) is 7.89. The van der Waals surface area contributed by atoms with Crippen LogP contribution in [0, 0.1) is 6.92 Å². The summed E-state index contributed by atoms with van der Waals surface area (Å²) in [4.78, 5) is 28.3. The topological polar surface area (TPSA) is 83.7 Å². The Morgan fingerprint density at radius 2 is 1.79 bits per heavy atom. The number of nitrogens with one attached hydrogen (secondary N) is 1. The monoisotopic (exact) mass is 647 g/mol. The zero-order chi connectivity index (χ0) is 30.3. The zero-order valence-electron chi connectivity index (χ0n) is 26.0. The van der Waals surface area contributed by atoms with Crippen molar-refractivity contribution in [2.24, 2.45) is 0 Å². The number of piperazine rings is 1. The molecule has 1 aliphatic heterocycles. The highest BCUT2D eigenvalue weighted by atomic mass is 32.2. The number of rotatable bonds is 13. The van der Waals surface area contributed by atoms with Gasteiger partial charge in [-0.3, -0.25) is 14.6 Å². The van der Waals surface area contributed by atoms with Gasteiger partial charge in [0.25, 0.3) is 5.22 Å². The molecule has 42 heavy (non-hydrogen) atoms. The number of aromatic nitrogens is 2. The fourth-order valence-electron chi connectivity index (χ4n) is 4.38. The first kappa shape index (κ1) is 33.4. The van der Waals surface area contributed by atoms with E-state index in [4.69, 9.17) is 13.8 Å². The van der Waals surface area contributed by atoms with Crippen LogP contribution in [0.3, 0.4) is 0 Å². The Morgan fingerprint density at radius 1 is 1.07 bits per heavy atom. The van der Waals surface area contributed by atoms with Crippen molar-refractivity contribution in [1.82, 2.24) is 19.8 Å². The Hall–Kier alpha value is -1.54. The maximum atomic E-state index is 13.2. The Morgan fingerprint density at radius 3 is 2.48 bits per heavy atom. The van der Waals surface area contributed by atoms with Gasteiger partial charge in [0.2, 0.25) is 5.91 Å². The van der Waals surface area contributed by atoms with E-state index < -0.39 is 8.32 Å². The average molecular weight is 648 g/mol. The minimum atomic E-state index is -1.80. The van der Waals surface area contributed by atoms with Crippen molar-refractivity contribution in [3.63, 3.8) is 0 Å². The summed E-state index contributed by atoms with van der Waals surface area (Å²) in [6, 6.07) is 9.91. The molecule has 1 aromatic carbocycles. The Labute approximate surface area is 264 Å². The highest BCUT2D eigenvalue weighted by Gasteiger charge is 2.36. The summed E-state index contributed by atoms with van der Waals surface area (Å²) in [5.41, 5.74) is 3.51. The molecule has 2 aromatic heterocycles. The molecule has 0 aliphatic carbocycles. The van der Waals surface area contributed by atoms with E-state index in [-0.39, 0.29) is 10.9 Å². The zero-order valence-corrected chi connectivity index (χ0v) is 29.4. The number of aryl methyl sites for hydroxylation is 1. The van der Waals surface area contributed by atoms with Crippen LogP contribution in [0.5, 0.6) is 0 Å². The van der Waals surface area contributed by atoms with Gasteiger partial charge in [-0.1, -0.05) is 44.7 Å². The molecule has 12 heteroatoms. The lowest BCUT2D eigenvalue weighted by Gasteiger charge is -2.36. The number of benzene rings is 1. The van der Waals surface area contributed by atoms with Crippen LogP contribution in [0.15, 0.2) is 49.9 Å². The number of hydrogen-bond acceptors (Lipinski definition) is 10. The Balaban J connectivity index is 1.23. The molecule has 0 saturated carbocycles. The first-order chi connectivity index (χ1) is 19.9. The number of carbonyl (C=O) groups is 1. The van der Waals surface area contributed by atoms with E-state index in [1.807, 2.05) is 43.5 Å². The molecule has 0 radical (unpaired) electrons. The molecule has 0 bridgehead atoms. The maximum absolute atomic E-state index is 13.2. The molecule has 1 fully saturated rings. The van der Waals surface area contributed by atoms with E-state index in [9.17, 15) is 4.79 Å². The molecule has 0 atom stereocenters. The second-order valence-corrected chi connectivity index (χ2v) is 19.9. The van der Waals surface area contributed by atoms with E-state index in [0.717, 1.165) is 81.9 Å². The largest absolute Gasteiger partial charge is 0.431 e. The van der Waals surface area contributed by atoms with Gasteiger partial charge in [-0.2, -0.15) is 0 Å². The molecule has 4 rings (SSSR count). The number of amides is 1. The van der Waals surface area contributed by atoms with Crippen molar-refractivity contribution in [2.75, 3.05) is 69.0 Å². The number of nitrogens with zero attached hydrogens (tertiary/aromatic N) is 4. The second kappa shape index (κ2) is 15.0. The molecule has 1 amide bonds. The Bertz CT molecular complexity index is 1310. The molecule has 3 aromatic rings. The van der Waals surface area contributed by atoms with Crippen LogP contribution in [0.25, 0.3) is 11.1 Å². The minimum absolute atomic E-state index is 0.00953. The number of para-hydroxylation sites is 2. The third kappa shape index (κ3) is 9.23. The van der Waals surface area contributed by atoms with E-state index >= 15 is 0 Å². The number of anilines is 1. The number of hydrogen-bond donors (Lipinski definition) is 1. The summed E-state index contributed by atoms with van der Waals surface area (Å²) >= 11 is 4.96. The number of thioether (sulfide) groups is 3. The van der Waals surface area contributed by atoms with Gasteiger partial charge in [-0.15, -0.1) is 23.5 Å². The molecule has 3 heterocycles. The molecular weight excluding hydrogens is 603 g/mol. The van der Waals surface area contributed by atoms with E-state index in [0.29, 0.717) is 13.2 Å². The summed E-state index contributed by atoms with van der Waals surface area (Å²) < 4.78 is 12.2. The molecule has 1 aliphatic rings. The highest BCUT2D eigenvalue weighted by Crippen LogP contribution is 2.38. The summed E-state index contributed by atoms with van der Waals surface area (Å²) in [5.74, 6) is 1.73. The molecule has 230 valence electrons. The lowest BCUT2D eigenvalue weighted by atomic mass is 10.2. The minimum Gasteiger partial charge on any atom is -0.431 e. The van der Waals surface area contributed by atoms with Gasteiger partial charge in [0.15, 0.2) is 13.9 Å². The quantitative estimate of drug-likeness (QED) is 0.123. The van der Waals surface area contributed by atoms with Gasteiger partial charge in [0.05, 0.1) is 12.2 Å². The molecule has 0 unspecified atom stereocenters. The third-order valence-corrected chi connectivity index (χ3v) is 14.9. The van der Waals surface area contributed by atoms with Crippen LogP contribution in [-0.4, -0.2) is 97.6 Å². The average Bonchev–Trinajstić information content (AvgIpc) is 3.35. The van der Waals surface area contributed by atoms with Crippen molar-refractivity contribution in [3.8, 4) is 0 Å². The molecule has 1 N–H and O–H groups in total. The van der Waals surface area contributed by atoms with Crippen molar-refractivity contribution in [1.29, 1.82) is 0 Å². The lowest BCUT2D eigenvalue weighted by molar-refractivity contribution is -0.117. The van der Waals surface area contributed by atoms with Crippen LogP contribution >= 0.6 is 35.3 Å². The summed E-state index contributed by atoms with van der Waals surface area (Å²) in [6.07, 6.45) is 2.04. The van der Waals surface area contributed by atoms with Crippen LogP contribution < -0.4 is 5.32 Å². The van der Waals surface area contributed by atoms with Gasteiger partial charge < -0.3 is 14.2 Å². The highest BCUT2D eigenvalue weighted by molar-refractivity contribution is 8.00. The Kier molecular flexibility index (Phi) is 11.9. The fourth-order valence-corrected chi connectivity index (χ4v) is 7.98. The van der Waals surface area contributed by atoms with Crippen LogP contribution in [0.1, 0.15) is 26.5 Å².